The quantitative estimate of drug-likeness (QED) is 0.827. The maximum Gasteiger partial charge on any atom is 0.269 e. The molecule has 1 aromatic rings. The van der Waals surface area contributed by atoms with Crippen LogP contribution in [0.25, 0.3) is 0 Å². The summed E-state index contributed by atoms with van der Waals surface area (Å²) in [5, 5.41) is 6.37. The highest BCUT2D eigenvalue weighted by molar-refractivity contribution is 6.32. The average Bonchev–Trinajstić information content (AvgIpc) is 2.40. The number of rotatable bonds is 3. The van der Waals surface area contributed by atoms with Gasteiger partial charge < -0.3 is 15.5 Å². The van der Waals surface area contributed by atoms with Gasteiger partial charge in [0.15, 0.2) is 5.15 Å². The van der Waals surface area contributed by atoms with E-state index in [1.165, 1.54) is 0 Å². The van der Waals surface area contributed by atoms with E-state index in [4.69, 9.17) is 11.6 Å². The molecule has 2 N–H and O–H groups in total. The summed E-state index contributed by atoms with van der Waals surface area (Å²) in [4.78, 5) is 18.0. The van der Waals surface area contributed by atoms with Gasteiger partial charge in [-0.2, -0.15) is 0 Å². The number of piperazine rings is 1. The van der Waals surface area contributed by atoms with E-state index in [1.807, 2.05) is 13.0 Å². The smallest absolute Gasteiger partial charge is 0.269 e. The second kappa shape index (κ2) is 7.53. The van der Waals surface area contributed by atoms with Crippen molar-refractivity contribution < 1.29 is 4.79 Å². The third-order valence-corrected chi connectivity index (χ3v) is 3.13. The average molecular weight is 305 g/mol. The lowest BCUT2D eigenvalue weighted by Gasteiger charge is -2.29. The monoisotopic (exact) mass is 304 g/mol. The van der Waals surface area contributed by atoms with Crippen LogP contribution in [-0.2, 0) is 0 Å². The largest absolute Gasteiger partial charge is 0.366 e. The van der Waals surface area contributed by atoms with Crippen LogP contribution < -0.4 is 15.5 Å². The summed E-state index contributed by atoms with van der Waals surface area (Å²) in [5.74, 6) is -0.189. The normalized spacial score (nSPS) is 14.7. The van der Waals surface area contributed by atoms with E-state index < -0.39 is 0 Å². The highest BCUT2D eigenvalue weighted by atomic mass is 35.5. The Labute approximate surface area is 124 Å². The molecule has 1 saturated heterocycles. The van der Waals surface area contributed by atoms with Crippen molar-refractivity contribution in [3.8, 4) is 0 Å². The Morgan fingerprint density at radius 2 is 2.16 bits per heavy atom. The zero-order valence-corrected chi connectivity index (χ0v) is 12.4. The fourth-order valence-corrected chi connectivity index (χ4v) is 2.22. The van der Waals surface area contributed by atoms with Gasteiger partial charge in [-0.05, 0) is 19.1 Å². The number of hydrogen-bond donors (Lipinski definition) is 2. The van der Waals surface area contributed by atoms with Crippen molar-refractivity contribution in [3.63, 3.8) is 0 Å². The lowest BCUT2D eigenvalue weighted by molar-refractivity contribution is 0.0951. The van der Waals surface area contributed by atoms with E-state index in [9.17, 15) is 4.79 Å². The van der Waals surface area contributed by atoms with E-state index in [0.29, 0.717) is 17.4 Å². The zero-order valence-electron chi connectivity index (χ0n) is 10.8. The van der Waals surface area contributed by atoms with Crippen LogP contribution in [0.4, 0.5) is 5.69 Å². The molecule has 1 aromatic heterocycles. The number of anilines is 1. The molecule has 2 heterocycles. The Hall–Kier alpha value is -1.04. The Balaban J connectivity index is 0.00000180. The first-order chi connectivity index (χ1) is 8.72. The van der Waals surface area contributed by atoms with Crippen molar-refractivity contribution in [2.75, 3.05) is 37.6 Å². The summed E-state index contributed by atoms with van der Waals surface area (Å²) < 4.78 is 0. The molecule has 0 bridgehead atoms. The minimum absolute atomic E-state index is 0. The minimum Gasteiger partial charge on any atom is -0.366 e. The van der Waals surface area contributed by atoms with Gasteiger partial charge in [0, 0.05) is 32.7 Å². The van der Waals surface area contributed by atoms with Gasteiger partial charge in [0.2, 0.25) is 0 Å². The number of carbonyl (C=O) groups is 1. The number of pyridine rings is 1. The Morgan fingerprint density at radius 3 is 2.74 bits per heavy atom. The summed E-state index contributed by atoms with van der Waals surface area (Å²) in [6.07, 6.45) is 0. The molecule has 1 aliphatic rings. The Morgan fingerprint density at radius 1 is 1.47 bits per heavy atom. The molecular formula is C12H18Cl2N4O. The van der Waals surface area contributed by atoms with E-state index >= 15 is 0 Å². The van der Waals surface area contributed by atoms with Gasteiger partial charge in [-0.25, -0.2) is 4.98 Å². The van der Waals surface area contributed by atoms with E-state index in [1.54, 1.807) is 6.07 Å². The molecule has 1 aliphatic heterocycles. The topological polar surface area (TPSA) is 57.3 Å². The van der Waals surface area contributed by atoms with Crippen molar-refractivity contribution >= 4 is 35.6 Å². The van der Waals surface area contributed by atoms with Gasteiger partial charge in [0.05, 0.1) is 5.69 Å². The first-order valence-corrected chi connectivity index (χ1v) is 6.50. The second-order valence-corrected chi connectivity index (χ2v) is 4.46. The number of amides is 1. The molecule has 0 saturated carbocycles. The molecule has 5 nitrogen and oxygen atoms in total. The lowest BCUT2D eigenvalue weighted by atomic mass is 10.2. The number of nitrogens with zero attached hydrogens (tertiary/aromatic N) is 2. The van der Waals surface area contributed by atoms with Crippen LogP contribution in [0, 0.1) is 0 Å². The van der Waals surface area contributed by atoms with Crippen LogP contribution in [0.3, 0.4) is 0 Å². The van der Waals surface area contributed by atoms with E-state index in [2.05, 4.69) is 20.5 Å². The predicted octanol–water partition coefficient (Wildman–Crippen LogP) is 1.32. The molecule has 0 aliphatic carbocycles. The maximum absolute atomic E-state index is 11.6. The molecule has 19 heavy (non-hydrogen) atoms. The summed E-state index contributed by atoms with van der Waals surface area (Å²) in [7, 11) is 0. The number of carbonyl (C=O) groups excluding carboxylic acids is 1. The van der Waals surface area contributed by atoms with Crippen molar-refractivity contribution in [2.45, 2.75) is 6.92 Å². The van der Waals surface area contributed by atoms with Crippen LogP contribution in [-0.4, -0.2) is 43.6 Å². The molecule has 2 rings (SSSR count). The number of hydrogen-bond acceptors (Lipinski definition) is 4. The molecule has 0 spiro atoms. The molecule has 1 amide bonds. The summed E-state index contributed by atoms with van der Waals surface area (Å²) >= 11 is 6.15. The Kier molecular flexibility index (Phi) is 6.34. The summed E-state index contributed by atoms with van der Waals surface area (Å²) in [6, 6.07) is 3.58. The third-order valence-electron chi connectivity index (χ3n) is 2.86. The molecule has 0 radical (unpaired) electrons. The number of aromatic nitrogens is 1. The van der Waals surface area contributed by atoms with Gasteiger partial charge in [-0.3, -0.25) is 4.79 Å². The van der Waals surface area contributed by atoms with Gasteiger partial charge in [0.1, 0.15) is 5.69 Å². The van der Waals surface area contributed by atoms with Gasteiger partial charge in [0.25, 0.3) is 5.91 Å². The fraction of sp³-hybridized carbons (Fsp3) is 0.500. The third kappa shape index (κ3) is 3.96. The van der Waals surface area contributed by atoms with Gasteiger partial charge >= 0.3 is 0 Å². The zero-order chi connectivity index (χ0) is 13.0. The highest BCUT2D eigenvalue weighted by Crippen LogP contribution is 2.24. The molecule has 0 atom stereocenters. The van der Waals surface area contributed by atoms with Crippen LogP contribution >= 0.6 is 24.0 Å². The van der Waals surface area contributed by atoms with Crippen molar-refractivity contribution in [1.29, 1.82) is 0 Å². The van der Waals surface area contributed by atoms with Crippen LogP contribution in [0.15, 0.2) is 12.1 Å². The maximum atomic E-state index is 11.6. The molecule has 0 aromatic carbocycles. The van der Waals surface area contributed by atoms with Crippen molar-refractivity contribution in [3.05, 3.63) is 23.0 Å². The van der Waals surface area contributed by atoms with Crippen molar-refractivity contribution in [1.82, 2.24) is 15.6 Å². The summed E-state index contributed by atoms with van der Waals surface area (Å²) in [5.41, 5.74) is 1.26. The SMILES string of the molecule is CCNC(=O)c1ccc(N2CCNCC2)c(Cl)n1.Cl. The molecular weight excluding hydrogens is 287 g/mol. The van der Waals surface area contributed by atoms with Crippen LogP contribution in [0.2, 0.25) is 5.15 Å². The Bertz CT molecular complexity index is 436. The molecule has 1 fully saturated rings. The standard InChI is InChI=1S/C12H17ClN4O.ClH/c1-2-15-12(18)9-3-4-10(11(13)16-9)17-7-5-14-6-8-17;/h3-4,14H,2,5-8H2,1H3,(H,15,18);1H. The first-order valence-electron chi connectivity index (χ1n) is 6.12. The molecule has 0 unspecified atom stereocenters. The molecule has 106 valence electrons. The van der Waals surface area contributed by atoms with E-state index in [-0.39, 0.29) is 18.3 Å². The minimum atomic E-state index is -0.189. The lowest BCUT2D eigenvalue weighted by Crippen LogP contribution is -2.43. The number of nitrogens with one attached hydrogen (secondary N) is 2. The summed E-state index contributed by atoms with van der Waals surface area (Å²) in [6.45, 7) is 6.14. The van der Waals surface area contributed by atoms with Crippen molar-refractivity contribution in [2.24, 2.45) is 0 Å². The van der Waals surface area contributed by atoms with Gasteiger partial charge in [-0.15, -0.1) is 12.4 Å². The predicted molar refractivity (Wildman–Crippen MR) is 79.6 cm³/mol. The second-order valence-electron chi connectivity index (χ2n) is 4.10. The van der Waals surface area contributed by atoms with Crippen LogP contribution in [0.5, 0.6) is 0 Å². The van der Waals surface area contributed by atoms with Gasteiger partial charge in [-0.1, -0.05) is 11.6 Å². The fourth-order valence-electron chi connectivity index (χ4n) is 1.95. The van der Waals surface area contributed by atoms with Crippen LogP contribution in [0.1, 0.15) is 17.4 Å². The van der Waals surface area contributed by atoms with E-state index in [0.717, 1.165) is 31.9 Å². The first kappa shape index (κ1) is 16.0. The molecule has 7 heteroatoms. The highest BCUT2D eigenvalue weighted by Gasteiger charge is 2.16. The number of halogens is 2.